The number of pyridine rings is 1. The third-order valence-corrected chi connectivity index (χ3v) is 7.74. The minimum absolute atomic E-state index is 0.0824. The average molecular weight is 464 g/mol. The van der Waals surface area contributed by atoms with Gasteiger partial charge in [0.2, 0.25) is 10.0 Å². The number of sulfonamides is 1. The second-order valence-corrected chi connectivity index (χ2v) is 9.64. The SMILES string of the molecule is Cc1cc(S(=O)(=O)N2CCN(c3ccc(-c4ccccn4)nn3)CC2)c(Cl)cc1Cl. The number of anilines is 1. The molecule has 0 saturated carbocycles. The molecule has 0 atom stereocenters. The Balaban J connectivity index is 1.47. The summed E-state index contributed by atoms with van der Waals surface area (Å²) in [6, 6.07) is 12.3. The minimum Gasteiger partial charge on any atom is -0.352 e. The first kappa shape index (κ1) is 21.0. The van der Waals surface area contributed by atoms with Crippen LogP contribution in [0.5, 0.6) is 0 Å². The molecule has 1 fully saturated rings. The number of hydrogen-bond donors (Lipinski definition) is 0. The Hall–Kier alpha value is -2.26. The summed E-state index contributed by atoms with van der Waals surface area (Å²) in [7, 11) is -3.71. The summed E-state index contributed by atoms with van der Waals surface area (Å²) in [5, 5.41) is 9.11. The molecule has 0 spiro atoms. The molecule has 156 valence electrons. The van der Waals surface area contributed by atoms with Gasteiger partial charge in [-0.2, -0.15) is 4.31 Å². The summed E-state index contributed by atoms with van der Waals surface area (Å²) in [5.41, 5.74) is 2.11. The number of benzene rings is 1. The summed E-state index contributed by atoms with van der Waals surface area (Å²) in [5.74, 6) is 0.701. The lowest BCUT2D eigenvalue weighted by Gasteiger charge is -2.34. The monoisotopic (exact) mass is 463 g/mol. The fraction of sp³-hybridized carbons (Fsp3) is 0.250. The van der Waals surface area contributed by atoms with E-state index in [-0.39, 0.29) is 9.92 Å². The largest absolute Gasteiger partial charge is 0.352 e. The highest BCUT2D eigenvalue weighted by atomic mass is 35.5. The van der Waals surface area contributed by atoms with Crippen LogP contribution in [0.25, 0.3) is 11.4 Å². The second kappa shape index (κ2) is 8.47. The molecular weight excluding hydrogens is 445 g/mol. The molecule has 3 heterocycles. The number of halogens is 2. The van der Waals surface area contributed by atoms with E-state index in [1.807, 2.05) is 35.2 Å². The van der Waals surface area contributed by atoms with Gasteiger partial charge in [0.15, 0.2) is 5.82 Å². The Labute approximate surface area is 185 Å². The highest BCUT2D eigenvalue weighted by molar-refractivity contribution is 7.89. The molecule has 2 aromatic heterocycles. The van der Waals surface area contributed by atoms with Crippen molar-refractivity contribution in [1.29, 1.82) is 0 Å². The van der Waals surface area contributed by atoms with Crippen molar-refractivity contribution in [2.45, 2.75) is 11.8 Å². The molecule has 1 aromatic carbocycles. The maximum atomic E-state index is 13.1. The topological polar surface area (TPSA) is 79.3 Å². The van der Waals surface area contributed by atoms with E-state index in [0.717, 1.165) is 5.69 Å². The second-order valence-electron chi connectivity index (χ2n) is 6.91. The highest BCUT2D eigenvalue weighted by Gasteiger charge is 2.31. The summed E-state index contributed by atoms with van der Waals surface area (Å²) in [6.45, 7) is 3.40. The third kappa shape index (κ3) is 4.13. The zero-order valence-electron chi connectivity index (χ0n) is 16.2. The van der Waals surface area contributed by atoms with Gasteiger partial charge in [-0.15, -0.1) is 10.2 Å². The van der Waals surface area contributed by atoms with Crippen LogP contribution in [0.2, 0.25) is 10.0 Å². The van der Waals surface area contributed by atoms with Crippen molar-refractivity contribution in [2.75, 3.05) is 31.1 Å². The predicted molar refractivity (Wildman–Crippen MR) is 117 cm³/mol. The summed E-state index contributed by atoms with van der Waals surface area (Å²) < 4.78 is 27.6. The standard InChI is InChI=1S/C20H19Cl2N5O2S/c1-14-12-19(16(22)13-15(14)21)30(28,29)27-10-8-26(9-11-27)20-6-5-18(24-25-20)17-4-2-3-7-23-17/h2-7,12-13H,8-11H2,1H3. The number of hydrogen-bond acceptors (Lipinski definition) is 6. The molecule has 4 rings (SSSR count). The molecule has 3 aromatic rings. The maximum Gasteiger partial charge on any atom is 0.244 e. The summed E-state index contributed by atoms with van der Waals surface area (Å²) in [4.78, 5) is 6.36. The molecule has 0 N–H and O–H groups in total. The van der Waals surface area contributed by atoms with Crippen LogP contribution in [-0.4, -0.2) is 54.1 Å². The quantitative estimate of drug-likeness (QED) is 0.587. The van der Waals surface area contributed by atoms with Gasteiger partial charge in [0.25, 0.3) is 0 Å². The van der Waals surface area contributed by atoms with E-state index in [0.29, 0.717) is 48.3 Å². The lowest BCUT2D eigenvalue weighted by molar-refractivity contribution is 0.383. The van der Waals surface area contributed by atoms with Crippen LogP contribution in [0.4, 0.5) is 5.82 Å². The van der Waals surface area contributed by atoms with Crippen LogP contribution >= 0.6 is 23.2 Å². The van der Waals surface area contributed by atoms with Crippen molar-refractivity contribution in [3.05, 3.63) is 64.3 Å². The average Bonchev–Trinajstić information content (AvgIpc) is 2.77. The normalized spacial score (nSPS) is 15.4. The van der Waals surface area contributed by atoms with Crippen LogP contribution in [0.1, 0.15) is 5.56 Å². The Kier molecular flexibility index (Phi) is 5.92. The molecule has 1 saturated heterocycles. The van der Waals surface area contributed by atoms with E-state index < -0.39 is 10.0 Å². The van der Waals surface area contributed by atoms with Crippen molar-refractivity contribution in [1.82, 2.24) is 19.5 Å². The van der Waals surface area contributed by atoms with Gasteiger partial charge in [0.1, 0.15) is 10.6 Å². The van der Waals surface area contributed by atoms with Crippen LogP contribution in [-0.2, 0) is 10.0 Å². The van der Waals surface area contributed by atoms with Gasteiger partial charge < -0.3 is 4.90 Å². The van der Waals surface area contributed by atoms with Gasteiger partial charge in [-0.05, 0) is 48.9 Å². The summed E-state index contributed by atoms with van der Waals surface area (Å²) in [6.07, 6.45) is 1.71. The highest BCUT2D eigenvalue weighted by Crippen LogP contribution is 2.31. The van der Waals surface area contributed by atoms with Gasteiger partial charge in [-0.3, -0.25) is 4.98 Å². The molecule has 0 bridgehead atoms. The molecule has 0 unspecified atom stereocenters. The number of piperazine rings is 1. The first-order valence-electron chi connectivity index (χ1n) is 9.32. The molecule has 1 aliphatic rings. The zero-order chi connectivity index (χ0) is 21.3. The van der Waals surface area contributed by atoms with Crippen molar-refractivity contribution < 1.29 is 8.42 Å². The Morgan fingerprint density at radius 2 is 1.67 bits per heavy atom. The van der Waals surface area contributed by atoms with E-state index >= 15 is 0 Å². The molecule has 0 radical (unpaired) electrons. The molecule has 0 amide bonds. The predicted octanol–water partition coefficient (Wildman–Crippen LogP) is 3.66. The molecular formula is C20H19Cl2N5O2S. The number of rotatable bonds is 4. The van der Waals surface area contributed by atoms with Crippen LogP contribution in [0.3, 0.4) is 0 Å². The number of aromatic nitrogens is 3. The molecule has 10 heteroatoms. The van der Waals surface area contributed by atoms with Crippen molar-refractivity contribution in [3.63, 3.8) is 0 Å². The van der Waals surface area contributed by atoms with Crippen molar-refractivity contribution >= 4 is 39.0 Å². The van der Waals surface area contributed by atoms with Crippen LogP contribution in [0.15, 0.2) is 53.6 Å². The lowest BCUT2D eigenvalue weighted by atomic mass is 10.2. The third-order valence-electron chi connectivity index (χ3n) is 4.97. The van der Waals surface area contributed by atoms with Gasteiger partial charge >= 0.3 is 0 Å². The molecule has 7 nitrogen and oxygen atoms in total. The maximum absolute atomic E-state index is 13.1. The number of nitrogens with zero attached hydrogens (tertiary/aromatic N) is 5. The first-order valence-corrected chi connectivity index (χ1v) is 11.5. The van der Waals surface area contributed by atoms with E-state index in [9.17, 15) is 8.42 Å². The van der Waals surface area contributed by atoms with Crippen LogP contribution in [0, 0.1) is 6.92 Å². The van der Waals surface area contributed by atoms with Gasteiger partial charge in [-0.25, -0.2) is 8.42 Å². The first-order chi connectivity index (χ1) is 14.4. The summed E-state index contributed by atoms with van der Waals surface area (Å²) >= 11 is 12.2. The Morgan fingerprint density at radius 3 is 2.30 bits per heavy atom. The molecule has 1 aliphatic heterocycles. The van der Waals surface area contributed by atoms with Crippen LogP contribution < -0.4 is 4.90 Å². The Morgan fingerprint density at radius 1 is 0.900 bits per heavy atom. The number of aryl methyl sites for hydroxylation is 1. The fourth-order valence-corrected chi connectivity index (χ4v) is 5.50. The van der Waals surface area contributed by atoms with E-state index in [1.54, 1.807) is 13.1 Å². The lowest BCUT2D eigenvalue weighted by Crippen LogP contribution is -2.49. The van der Waals surface area contributed by atoms with E-state index in [4.69, 9.17) is 23.2 Å². The zero-order valence-corrected chi connectivity index (χ0v) is 18.5. The van der Waals surface area contributed by atoms with E-state index in [1.165, 1.54) is 16.4 Å². The van der Waals surface area contributed by atoms with Gasteiger partial charge in [0.05, 0.1) is 10.7 Å². The Bertz CT molecular complexity index is 1150. The van der Waals surface area contributed by atoms with Gasteiger partial charge in [0, 0.05) is 37.4 Å². The van der Waals surface area contributed by atoms with E-state index in [2.05, 4.69) is 15.2 Å². The fourth-order valence-electron chi connectivity index (χ4n) is 3.27. The van der Waals surface area contributed by atoms with Gasteiger partial charge in [-0.1, -0.05) is 29.3 Å². The minimum atomic E-state index is -3.71. The molecule has 0 aliphatic carbocycles. The molecule has 30 heavy (non-hydrogen) atoms. The smallest absolute Gasteiger partial charge is 0.244 e. The van der Waals surface area contributed by atoms with Crippen molar-refractivity contribution in [3.8, 4) is 11.4 Å². The van der Waals surface area contributed by atoms with Crippen molar-refractivity contribution in [2.24, 2.45) is 0 Å².